The Labute approximate surface area is 109 Å². The molecule has 3 aromatic heterocycles. The number of thiophene rings is 1. The van der Waals surface area contributed by atoms with Gasteiger partial charge in [-0.05, 0) is 0 Å². The number of fused-ring (bicyclic) bond motifs is 1. The fourth-order valence-electron chi connectivity index (χ4n) is 1.30. The van der Waals surface area contributed by atoms with E-state index in [1.165, 1.54) is 12.1 Å². The average Bonchev–Trinajstić information content (AvgIpc) is 2.82. The van der Waals surface area contributed by atoms with Crippen LogP contribution < -0.4 is 0 Å². The van der Waals surface area contributed by atoms with E-state index < -0.39 is 0 Å². The molecule has 0 saturated heterocycles. The second kappa shape index (κ2) is 3.99. The summed E-state index contributed by atoms with van der Waals surface area (Å²) in [5.41, 5.74) is 1.07. The van der Waals surface area contributed by atoms with E-state index in [2.05, 4.69) is 38.0 Å². The molecule has 3 aromatic rings. The Morgan fingerprint density at radius 1 is 1.27 bits per heavy atom. The van der Waals surface area contributed by atoms with Gasteiger partial charge in [0.15, 0.2) is 0 Å². The fraction of sp³-hybridized carbons (Fsp3) is 0. The van der Waals surface area contributed by atoms with Crippen molar-refractivity contribution in [2.45, 2.75) is 0 Å². The normalized spacial score (nSPS) is 11.0. The maximum atomic E-state index is 4.64. The molecule has 0 aliphatic heterocycles. The van der Waals surface area contributed by atoms with Gasteiger partial charge in [0.05, 0.1) is 0 Å². The standard InChI is InChI=1S/C10H5BrN2STe/c11-8-4-3-7(14-8)10-13-6-2-1-5-12-9(6)15-10/h1-5H. The van der Waals surface area contributed by atoms with Crippen LogP contribution in [0.4, 0.5) is 0 Å². The first kappa shape index (κ1) is 9.98. The summed E-state index contributed by atoms with van der Waals surface area (Å²) in [4.78, 5) is 10.3. The molecule has 0 aliphatic carbocycles. The van der Waals surface area contributed by atoms with Gasteiger partial charge in [0.1, 0.15) is 0 Å². The van der Waals surface area contributed by atoms with Crippen LogP contribution in [0.5, 0.6) is 0 Å². The third-order valence-electron chi connectivity index (χ3n) is 1.95. The zero-order valence-corrected chi connectivity index (χ0v) is 12.2. The predicted molar refractivity (Wildman–Crippen MR) is 67.5 cm³/mol. The number of pyridine rings is 1. The molecule has 0 fully saturated rings. The Kier molecular flexibility index (Phi) is 2.65. The van der Waals surface area contributed by atoms with Crippen LogP contribution in [0.3, 0.4) is 0 Å². The van der Waals surface area contributed by atoms with Crippen molar-refractivity contribution in [3.63, 3.8) is 0 Å². The first-order chi connectivity index (χ1) is 7.33. The molecular weight excluding hydrogens is 388 g/mol. The number of halogens is 1. The molecule has 0 bridgehead atoms. The van der Waals surface area contributed by atoms with Gasteiger partial charge < -0.3 is 0 Å². The third kappa shape index (κ3) is 1.90. The molecule has 0 aliphatic rings. The van der Waals surface area contributed by atoms with Gasteiger partial charge in [-0.25, -0.2) is 0 Å². The SMILES string of the molecule is Brc1ccc(-c2nc3cccnc3[te]2)s1. The Morgan fingerprint density at radius 3 is 2.93 bits per heavy atom. The Balaban J connectivity index is 2.19. The summed E-state index contributed by atoms with van der Waals surface area (Å²) in [5.74, 6) is 0. The van der Waals surface area contributed by atoms with E-state index in [4.69, 9.17) is 0 Å². The summed E-state index contributed by atoms with van der Waals surface area (Å²) < 4.78 is 3.63. The van der Waals surface area contributed by atoms with E-state index >= 15 is 0 Å². The summed E-state index contributed by atoms with van der Waals surface area (Å²) in [6.07, 6.45) is 1.85. The van der Waals surface area contributed by atoms with Crippen molar-refractivity contribution in [1.29, 1.82) is 0 Å². The van der Waals surface area contributed by atoms with Crippen molar-refractivity contribution >= 4 is 56.7 Å². The number of aromatic nitrogens is 2. The van der Waals surface area contributed by atoms with E-state index in [-0.39, 0.29) is 20.4 Å². The van der Waals surface area contributed by atoms with Crippen molar-refractivity contribution in [3.8, 4) is 8.59 Å². The van der Waals surface area contributed by atoms with Gasteiger partial charge in [-0.3, -0.25) is 0 Å². The van der Waals surface area contributed by atoms with Crippen LogP contribution in [0.2, 0.25) is 0 Å². The van der Waals surface area contributed by atoms with E-state index in [0.29, 0.717) is 0 Å². The van der Waals surface area contributed by atoms with Gasteiger partial charge in [0.2, 0.25) is 0 Å². The number of hydrogen-bond acceptors (Lipinski definition) is 3. The fourth-order valence-corrected chi connectivity index (χ4v) is 5.57. The quantitative estimate of drug-likeness (QED) is 0.595. The number of nitrogens with zero attached hydrogens (tertiary/aromatic N) is 2. The van der Waals surface area contributed by atoms with Crippen LogP contribution >= 0.6 is 27.3 Å². The summed E-state index contributed by atoms with van der Waals surface area (Å²) in [6, 6.07) is 8.20. The van der Waals surface area contributed by atoms with Gasteiger partial charge in [-0.1, -0.05) is 0 Å². The number of rotatable bonds is 1. The molecule has 0 saturated carbocycles. The van der Waals surface area contributed by atoms with E-state index in [1.807, 2.05) is 18.3 Å². The molecule has 3 heterocycles. The van der Waals surface area contributed by atoms with E-state index in [0.717, 1.165) is 9.30 Å². The van der Waals surface area contributed by atoms with E-state index in [9.17, 15) is 0 Å². The molecule has 0 N–H and O–H groups in total. The monoisotopic (exact) mass is 394 g/mol. The number of hydrogen-bond donors (Lipinski definition) is 0. The minimum atomic E-state index is -0.368. The molecule has 74 valence electrons. The van der Waals surface area contributed by atoms with Crippen LogP contribution in [0.15, 0.2) is 34.2 Å². The van der Waals surface area contributed by atoms with Crippen LogP contribution in [0, 0.1) is 0 Å². The van der Waals surface area contributed by atoms with Gasteiger partial charge in [0.25, 0.3) is 0 Å². The second-order valence-corrected chi connectivity index (χ2v) is 8.20. The molecule has 0 aromatic carbocycles. The molecule has 2 nitrogen and oxygen atoms in total. The van der Waals surface area contributed by atoms with Crippen molar-refractivity contribution < 1.29 is 0 Å². The average molecular weight is 393 g/mol. The molecule has 0 unspecified atom stereocenters. The molecule has 3 rings (SSSR count). The van der Waals surface area contributed by atoms with Crippen molar-refractivity contribution in [1.82, 2.24) is 9.97 Å². The second-order valence-electron chi connectivity index (χ2n) is 2.95. The third-order valence-corrected chi connectivity index (χ3v) is 6.87. The van der Waals surface area contributed by atoms with Gasteiger partial charge >= 0.3 is 110 Å². The minimum absolute atomic E-state index is 0.368. The summed E-state index contributed by atoms with van der Waals surface area (Å²) in [5, 5.41) is 0. The molecule has 15 heavy (non-hydrogen) atoms. The van der Waals surface area contributed by atoms with E-state index in [1.54, 1.807) is 11.3 Å². The summed E-state index contributed by atoms with van der Waals surface area (Å²) >= 11 is 4.86. The first-order valence-corrected chi connectivity index (χ1v) is 8.24. The zero-order valence-electron chi connectivity index (χ0n) is 7.48. The zero-order chi connectivity index (χ0) is 10.3. The van der Waals surface area contributed by atoms with Crippen molar-refractivity contribution in [2.75, 3.05) is 0 Å². The maximum absolute atomic E-state index is 4.64. The first-order valence-electron chi connectivity index (χ1n) is 4.30. The van der Waals surface area contributed by atoms with Crippen LogP contribution in [0.1, 0.15) is 0 Å². The molecule has 0 amide bonds. The topological polar surface area (TPSA) is 25.8 Å². The molecule has 0 atom stereocenters. The van der Waals surface area contributed by atoms with Gasteiger partial charge in [-0.15, -0.1) is 0 Å². The molecule has 0 spiro atoms. The van der Waals surface area contributed by atoms with Crippen LogP contribution in [-0.2, 0) is 0 Å². The van der Waals surface area contributed by atoms with Crippen molar-refractivity contribution in [3.05, 3.63) is 34.2 Å². The Hall–Kier alpha value is -0.210. The summed E-state index contributed by atoms with van der Waals surface area (Å²) in [7, 11) is 0. The molecule has 0 radical (unpaired) electrons. The Morgan fingerprint density at radius 2 is 2.20 bits per heavy atom. The Bertz CT molecular complexity index is 583. The van der Waals surface area contributed by atoms with Gasteiger partial charge in [-0.2, -0.15) is 0 Å². The predicted octanol–water partition coefficient (Wildman–Crippen LogP) is 3.18. The molecular formula is C10H5BrN2STe. The van der Waals surface area contributed by atoms with Gasteiger partial charge in [0, 0.05) is 0 Å². The summed E-state index contributed by atoms with van der Waals surface area (Å²) in [6.45, 7) is 0. The molecule has 5 heteroatoms. The van der Waals surface area contributed by atoms with Crippen LogP contribution in [0.25, 0.3) is 17.6 Å². The van der Waals surface area contributed by atoms with Crippen molar-refractivity contribution in [2.24, 2.45) is 0 Å². The van der Waals surface area contributed by atoms with Crippen LogP contribution in [-0.4, -0.2) is 30.4 Å².